The molecule has 7 nitrogen and oxygen atoms in total. The van der Waals surface area contributed by atoms with Crippen molar-refractivity contribution in [2.45, 2.75) is 25.6 Å². The molecule has 114 valence electrons. The molecule has 0 spiro atoms. The average molecular weight is 310 g/mol. The molecule has 0 aliphatic carbocycles. The number of aliphatic hydroxyl groups excluding tert-OH is 1. The largest absolute Gasteiger partial charge is 0.468 e. The van der Waals surface area contributed by atoms with E-state index in [4.69, 9.17) is 9.84 Å². The fourth-order valence-electron chi connectivity index (χ4n) is 1.83. The van der Waals surface area contributed by atoms with Gasteiger partial charge in [-0.05, 0) is 17.9 Å². The van der Waals surface area contributed by atoms with Crippen molar-refractivity contribution in [2.24, 2.45) is 0 Å². The van der Waals surface area contributed by atoms with Gasteiger partial charge in [-0.1, -0.05) is 11.3 Å². The lowest BCUT2D eigenvalue weighted by Gasteiger charge is -2.13. The van der Waals surface area contributed by atoms with E-state index in [0.717, 1.165) is 4.88 Å². The molecule has 21 heavy (non-hydrogen) atoms. The third-order valence-electron chi connectivity index (χ3n) is 2.89. The van der Waals surface area contributed by atoms with Gasteiger partial charge in [0.25, 0.3) is 0 Å². The molecule has 0 amide bonds. The molecule has 0 aliphatic heterocycles. The Balaban J connectivity index is 2.04. The monoisotopic (exact) mass is 310 g/mol. The van der Waals surface area contributed by atoms with E-state index in [0.29, 0.717) is 25.2 Å². The van der Waals surface area contributed by atoms with Gasteiger partial charge >= 0.3 is 5.97 Å². The molecule has 0 saturated heterocycles. The minimum absolute atomic E-state index is 0.0895. The van der Waals surface area contributed by atoms with Gasteiger partial charge in [-0.15, -0.1) is 16.4 Å². The van der Waals surface area contributed by atoms with Crippen LogP contribution in [0.4, 0.5) is 0 Å². The maximum atomic E-state index is 11.9. The van der Waals surface area contributed by atoms with E-state index in [1.165, 1.54) is 7.11 Å². The van der Waals surface area contributed by atoms with E-state index in [2.05, 4.69) is 15.6 Å². The van der Waals surface area contributed by atoms with Crippen LogP contribution in [-0.4, -0.2) is 39.8 Å². The third-order valence-corrected chi connectivity index (χ3v) is 3.77. The number of carbonyl (C=O) groups excluding carboxylic acids is 1. The molecule has 0 fully saturated rings. The zero-order valence-corrected chi connectivity index (χ0v) is 12.5. The smallest absolute Gasteiger partial charge is 0.329 e. The predicted molar refractivity (Wildman–Crippen MR) is 77.6 cm³/mol. The number of aromatic nitrogens is 3. The Kier molecular flexibility index (Phi) is 5.85. The van der Waals surface area contributed by atoms with Crippen LogP contribution < -0.4 is 5.32 Å². The van der Waals surface area contributed by atoms with Crippen LogP contribution in [-0.2, 0) is 22.6 Å². The maximum absolute atomic E-state index is 11.9. The Labute approximate surface area is 126 Å². The van der Waals surface area contributed by atoms with E-state index in [-0.39, 0.29) is 6.61 Å². The molecule has 0 aromatic carbocycles. The van der Waals surface area contributed by atoms with E-state index in [9.17, 15) is 4.79 Å². The molecule has 0 saturated carbocycles. The topological polar surface area (TPSA) is 89.3 Å². The minimum Gasteiger partial charge on any atom is -0.468 e. The summed E-state index contributed by atoms with van der Waals surface area (Å²) in [7, 11) is 1.35. The molecule has 1 unspecified atom stereocenters. The zero-order valence-electron chi connectivity index (χ0n) is 11.7. The summed E-state index contributed by atoms with van der Waals surface area (Å²) >= 11 is 1.61. The second-order valence-corrected chi connectivity index (χ2v) is 5.43. The molecule has 2 aromatic rings. The first-order valence-corrected chi connectivity index (χ1v) is 7.47. The molecule has 2 rings (SSSR count). The summed E-state index contributed by atoms with van der Waals surface area (Å²) in [5, 5.41) is 21.9. The van der Waals surface area contributed by atoms with E-state index >= 15 is 0 Å². The summed E-state index contributed by atoms with van der Waals surface area (Å²) in [6.07, 6.45) is 2.28. The summed E-state index contributed by atoms with van der Waals surface area (Å²) in [5.74, 6) is -0.402. The number of esters is 1. The molecule has 2 heterocycles. The van der Waals surface area contributed by atoms with Gasteiger partial charge in [-0.25, -0.2) is 4.79 Å². The van der Waals surface area contributed by atoms with Crippen LogP contribution in [0.3, 0.4) is 0 Å². The molecule has 2 N–H and O–H groups in total. The van der Waals surface area contributed by atoms with Gasteiger partial charge in [0.2, 0.25) is 0 Å². The number of aliphatic hydroxyl groups is 1. The van der Waals surface area contributed by atoms with Crippen molar-refractivity contribution < 1.29 is 14.6 Å². The maximum Gasteiger partial charge on any atom is 0.329 e. The number of carbonyl (C=O) groups is 1. The number of hydrogen-bond donors (Lipinski definition) is 2. The molecule has 0 bridgehead atoms. The highest BCUT2D eigenvalue weighted by Crippen LogP contribution is 2.14. The van der Waals surface area contributed by atoms with E-state index < -0.39 is 12.0 Å². The van der Waals surface area contributed by atoms with Crippen LogP contribution in [0.2, 0.25) is 0 Å². The minimum atomic E-state index is -0.653. The summed E-state index contributed by atoms with van der Waals surface area (Å²) in [6.45, 7) is 1.20. The number of nitrogens with zero attached hydrogens (tertiary/aromatic N) is 3. The van der Waals surface area contributed by atoms with Gasteiger partial charge in [0.05, 0.1) is 13.3 Å². The lowest BCUT2D eigenvalue weighted by atomic mass is 10.2. The van der Waals surface area contributed by atoms with E-state index in [1.54, 1.807) is 22.2 Å². The highest BCUT2D eigenvalue weighted by Gasteiger charge is 2.24. The SMILES string of the molecule is COC(=O)C(NCc1cccs1)c1cn(CCCO)nn1. The lowest BCUT2D eigenvalue weighted by Crippen LogP contribution is -2.29. The van der Waals surface area contributed by atoms with Crippen molar-refractivity contribution in [3.63, 3.8) is 0 Å². The fourth-order valence-corrected chi connectivity index (χ4v) is 2.49. The molecule has 2 aromatic heterocycles. The number of nitrogens with one attached hydrogen (secondary N) is 1. The fraction of sp³-hybridized carbons (Fsp3) is 0.462. The highest BCUT2D eigenvalue weighted by atomic mass is 32.1. The molecular formula is C13H18N4O3S. The average Bonchev–Trinajstić information content (AvgIpc) is 3.16. The Bertz CT molecular complexity index is 556. The van der Waals surface area contributed by atoms with Gasteiger partial charge in [-0.2, -0.15) is 0 Å². The summed E-state index contributed by atoms with van der Waals surface area (Å²) in [6, 6.07) is 3.30. The number of methoxy groups -OCH3 is 1. The molecule has 8 heteroatoms. The van der Waals surface area contributed by atoms with Crippen molar-refractivity contribution >= 4 is 17.3 Å². The Morgan fingerprint density at radius 2 is 2.48 bits per heavy atom. The summed E-state index contributed by atoms with van der Waals surface area (Å²) in [4.78, 5) is 13.0. The number of ether oxygens (including phenoxy) is 1. The first-order chi connectivity index (χ1) is 10.2. The van der Waals surface area contributed by atoms with Crippen molar-refractivity contribution in [2.75, 3.05) is 13.7 Å². The lowest BCUT2D eigenvalue weighted by molar-refractivity contribution is -0.143. The standard InChI is InChI=1S/C13H18N4O3S/c1-20-13(19)12(14-8-10-4-2-7-21-10)11-9-17(16-15-11)5-3-6-18/h2,4,7,9,12,14,18H,3,5-6,8H2,1H3. The first kappa shape index (κ1) is 15.6. The zero-order chi connectivity index (χ0) is 15.1. The van der Waals surface area contributed by atoms with Crippen molar-refractivity contribution in [3.8, 4) is 0 Å². The summed E-state index contributed by atoms with van der Waals surface area (Å²) in [5.41, 5.74) is 0.511. The predicted octanol–water partition coefficient (Wildman–Crippen LogP) is 0.726. The van der Waals surface area contributed by atoms with E-state index in [1.807, 2.05) is 17.5 Å². The number of rotatable bonds is 8. The van der Waals surface area contributed by atoms with Gasteiger partial charge in [0.15, 0.2) is 6.04 Å². The highest BCUT2D eigenvalue weighted by molar-refractivity contribution is 7.09. The van der Waals surface area contributed by atoms with Crippen LogP contribution in [0.15, 0.2) is 23.7 Å². The molecular weight excluding hydrogens is 292 g/mol. The van der Waals surface area contributed by atoms with Crippen LogP contribution in [0.5, 0.6) is 0 Å². The van der Waals surface area contributed by atoms with Gasteiger partial charge in [-0.3, -0.25) is 10.00 Å². The number of aryl methyl sites for hydroxylation is 1. The Morgan fingerprint density at radius 3 is 3.14 bits per heavy atom. The second kappa shape index (κ2) is 7.87. The van der Waals surface area contributed by atoms with Crippen LogP contribution in [0, 0.1) is 0 Å². The molecule has 0 aliphatic rings. The van der Waals surface area contributed by atoms with Crippen LogP contribution in [0.1, 0.15) is 23.0 Å². The van der Waals surface area contributed by atoms with Gasteiger partial charge < -0.3 is 9.84 Å². The second-order valence-electron chi connectivity index (χ2n) is 4.40. The van der Waals surface area contributed by atoms with Crippen LogP contribution in [0.25, 0.3) is 0 Å². The van der Waals surface area contributed by atoms with Crippen LogP contribution >= 0.6 is 11.3 Å². The van der Waals surface area contributed by atoms with Crippen molar-refractivity contribution in [1.29, 1.82) is 0 Å². The van der Waals surface area contributed by atoms with Crippen molar-refractivity contribution in [1.82, 2.24) is 20.3 Å². The Hall–Kier alpha value is -1.77. The van der Waals surface area contributed by atoms with Gasteiger partial charge in [0.1, 0.15) is 5.69 Å². The molecule has 0 radical (unpaired) electrons. The normalized spacial score (nSPS) is 12.3. The third kappa shape index (κ3) is 4.35. The quantitative estimate of drug-likeness (QED) is 0.699. The number of hydrogen-bond acceptors (Lipinski definition) is 7. The van der Waals surface area contributed by atoms with Crippen molar-refractivity contribution in [3.05, 3.63) is 34.3 Å². The number of thiophene rings is 1. The van der Waals surface area contributed by atoms with Gasteiger partial charge in [0, 0.05) is 24.6 Å². The Morgan fingerprint density at radius 1 is 1.62 bits per heavy atom. The molecule has 1 atom stereocenters. The summed E-state index contributed by atoms with van der Waals surface area (Å²) < 4.78 is 6.42. The first-order valence-electron chi connectivity index (χ1n) is 6.59.